The number of hydrogen-bond donors (Lipinski definition) is 0. The number of para-hydroxylation sites is 5. The van der Waals surface area contributed by atoms with Crippen molar-refractivity contribution in [1.82, 2.24) is 4.40 Å². The molecule has 1 aliphatic carbocycles. The van der Waals surface area contributed by atoms with Crippen LogP contribution in [0.15, 0.2) is 192 Å². The summed E-state index contributed by atoms with van der Waals surface area (Å²) in [5.41, 5.74) is 14.7. The fourth-order valence-electron chi connectivity index (χ4n) is 9.73. The van der Waals surface area contributed by atoms with Crippen LogP contribution in [0.2, 0.25) is 0 Å². The van der Waals surface area contributed by atoms with E-state index in [-0.39, 0.29) is 5.41 Å². The van der Waals surface area contributed by atoms with E-state index in [1.807, 2.05) is 0 Å². The van der Waals surface area contributed by atoms with Gasteiger partial charge in [0.25, 0.3) is 0 Å². The smallest absolute Gasteiger partial charge is 0.213 e. The van der Waals surface area contributed by atoms with Gasteiger partial charge in [-0.05, 0) is 107 Å². The Hall–Kier alpha value is -7.30. The van der Waals surface area contributed by atoms with Crippen molar-refractivity contribution in [3.8, 4) is 11.3 Å². The highest BCUT2D eigenvalue weighted by molar-refractivity contribution is 6.26. The predicted octanol–water partition coefficient (Wildman–Crippen LogP) is 14.8. The van der Waals surface area contributed by atoms with Crippen molar-refractivity contribution >= 4 is 83.3 Å². The second-order valence-electron chi connectivity index (χ2n) is 15.8. The molecule has 3 heterocycles. The SMILES string of the molecule is CC1(C)c2cc(N(c3ccccc3)c3ccccc3)ccc2-c2c1c1cccc3c4c5cc6ccc(N(c7ccccc7)c7ccccc7)cc6cc5oc4n2c13. The minimum atomic E-state index is -0.236. The summed E-state index contributed by atoms with van der Waals surface area (Å²) in [6, 6.07) is 67.6. The van der Waals surface area contributed by atoms with Gasteiger partial charge in [-0.15, -0.1) is 0 Å². The molecule has 0 bridgehead atoms. The van der Waals surface area contributed by atoms with Gasteiger partial charge >= 0.3 is 0 Å². The number of rotatable bonds is 6. The fourth-order valence-corrected chi connectivity index (χ4v) is 9.73. The standard InChI is InChI=1S/C53H37N3O/c1-53(2)46-33-41(55(38-20-11-5-12-21-38)39-22-13-6-14-23-39)28-29-42(46)51-49(53)44-25-15-24-43-48-45-31-34-26-27-40(30-35(34)32-47(45)57-52(48)56(51)50(43)44)54(36-16-7-3-8-17-36)37-18-9-4-10-19-37/h3-33H,1-2H3. The zero-order valence-corrected chi connectivity index (χ0v) is 31.6. The molecule has 11 aromatic rings. The van der Waals surface area contributed by atoms with Crippen molar-refractivity contribution in [3.05, 3.63) is 199 Å². The maximum absolute atomic E-state index is 7.05. The molecule has 0 fully saturated rings. The van der Waals surface area contributed by atoms with Gasteiger partial charge in [0, 0.05) is 61.3 Å². The van der Waals surface area contributed by atoms with E-state index in [4.69, 9.17) is 4.42 Å². The second-order valence-corrected chi connectivity index (χ2v) is 15.8. The van der Waals surface area contributed by atoms with E-state index in [0.29, 0.717) is 0 Å². The Morgan fingerprint density at radius 2 is 1.00 bits per heavy atom. The molecule has 12 rings (SSSR count). The number of anilines is 6. The highest BCUT2D eigenvalue weighted by Crippen LogP contribution is 2.57. The third kappa shape index (κ3) is 4.55. The quantitative estimate of drug-likeness (QED) is 0.170. The molecule has 0 atom stereocenters. The summed E-state index contributed by atoms with van der Waals surface area (Å²) < 4.78 is 9.47. The minimum absolute atomic E-state index is 0.236. The first-order chi connectivity index (χ1) is 28.0. The molecule has 0 amide bonds. The highest BCUT2D eigenvalue weighted by Gasteiger charge is 2.42. The largest absolute Gasteiger partial charge is 0.439 e. The molecular formula is C53H37N3O. The van der Waals surface area contributed by atoms with Crippen LogP contribution in [0.4, 0.5) is 34.1 Å². The van der Waals surface area contributed by atoms with E-state index in [1.54, 1.807) is 0 Å². The van der Waals surface area contributed by atoms with E-state index in [2.05, 4.69) is 216 Å². The highest BCUT2D eigenvalue weighted by atomic mass is 16.3. The Bertz CT molecular complexity index is 3230. The molecule has 0 saturated carbocycles. The maximum Gasteiger partial charge on any atom is 0.213 e. The zero-order valence-electron chi connectivity index (χ0n) is 31.6. The van der Waals surface area contributed by atoms with Crippen molar-refractivity contribution in [2.75, 3.05) is 9.80 Å². The molecule has 0 N–H and O–H groups in total. The molecule has 8 aromatic carbocycles. The number of aromatic nitrogens is 1. The summed E-state index contributed by atoms with van der Waals surface area (Å²) in [5, 5.41) is 7.18. The molecule has 3 aromatic heterocycles. The number of fused-ring (bicyclic) bond motifs is 11. The molecular weight excluding hydrogens is 695 g/mol. The van der Waals surface area contributed by atoms with Crippen molar-refractivity contribution in [2.24, 2.45) is 0 Å². The van der Waals surface area contributed by atoms with Gasteiger partial charge in [0.1, 0.15) is 5.58 Å². The normalized spacial score (nSPS) is 13.2. The van der Waals surface area contributed by atoms with Crippen LogP contribution >= 0.6 is 0 Å². The average molecular weight is 732 g/mol. The first-order valence-corrected chi connectivity index (χ1v) is 19.7. The van der Waals surface area contributed by atoms with E-state index in [0.717, 1.165) is 56.2 Å². The van der Waals surface area contributed by atoms with E-state index in [9.17, 15) is 0 Å². The maximum atomic E-state index is 7.05. The second kappa shape index (κ2) is 11.8. The summed E-state index contributed by atoms with van der Waals surface area (Å²) in [5.74, 6) is 0. The van der Waals surface area contributed by atoms with Gasteiger partial charge in [0.2, 0.25) is 5.71 Å². The van der Waals surface area contributed by atoms with Crippen molar-refractivity contribution < 1.29 is 4.42 Å². The first-order valence-electron chi connectivity index (χ1n) is 19.7. The summed E-state index contributed by atoms with van der Waals surface area (Å²) in [4.78, 5) is 4.67. The monoisotopic (exact) mass is 731 g/mol. The lowest BCUT2D eigenvalue weighted by Gasteiger charge is -2.28. The molecule has 270 valence electrons. The first kappa shape index (κ1) is 32.0. The number of benzene rings is 8. The predicted molar refractivity (Wildman–Crippen MR) is 238 cm³/mol. The van der Waals surface area contributed by atoms with Gasteiger partial charge in [-0.3, -0.25) is 4.40 Å². The summed E-state index contributed by atoms with van der Waals surface area (Å²) in [6.45, 7) is 4.76. The van der Waals surface area contributed by atoms with Crippen molar-refractivity contribution in [3.63, 3.8) is 0 Å². The Morgan fingerprint density at radius 1 is 0.456 bits per heavy atom. The van der Waals surface area contributed by atoms with Gasteiger partial charge in [-0.1, -0.05) is 117 Å². The number of furan rings is 1. The third-order valence-corrected chi connectivity index (χ3v) is 12.2. The van der Waals surface area contributed by atoms with Crippen LogP contribution in [0.25, 0.3) is 60.4 Å². The van der Waals surface area contributed by atoms with Crippen molar-refractivity contribution in [1.29, 1.82) is 0 Å². The van der Waals surface area contributed by atoms with Gasteiger partial charge in [0.15, 0.2) is 0 Å². The Kier molecular flexibility index (Phi) is 6.65. The minimum Gasteiger partial charge on any atom is -0.439 e. The van der Waals surface area contributed by atoms with Crippen LogP contribution < -0.4 is 9.80 Å². The molecule has 0 spiro atoms. The summed E-state index contributed by atoms with van der Waals surface area (Å²) >= 11 is 0. The molecule has 0 unspecified atom stereocenters. The Labute approximate surface area is 330 Å². The Morgan fingerprint density at radius 3 is 1.60 bits per heavy atom. The molecule has 0 aliphatic heterocycles. The number of hydrogen-bond acceptors (Lipinski definition) is 3. The van der Waals surface area contributed by atoms with Crippen molar-refractivity contribution in [2.45, 2.75) is 19.3 Å². The lowest BCUT2D eigenvalue weighted by atomic mass is 9.81. The van der Waals surface area contributed by atoms with Gasteiger partial charge in [-0.2, -0.15) is 0 Å². The Balaban J connectivity index is 1.05. The van der Waals surface area contributed by atoms with Crippen LogP contribution in [0, 0.1) is 0 Å². The van der Waals surface area contributed by atoms with Crippen LogP contribution in [0.5, 0.6) is 0 Å². The van der Waals surface area contributed by atoms with E-state index >= 15 is 0 Å². The summed E-state index contributed by atoms with van der Waals surface area (Å²) in [7, 11) is 0. The van der Waals surface area contributed by atoms with Crippen LogP contribution in [-0.4, -0.2) is 4.40 Å². The van der Waals surface area contributed by atoms with E-state index in [1.165, 1.54) is 49.4 Å². The molecule has 4 heteroatoms. The zero-order chi connectivity index (χ0) is 37.8. The fraction of sp³-hybridized carbons (Fsp3) is 0.0566. The molecule has 4 nitrogen and oxygen atoms in total. The molecule has 57 heavy (non-hydrogen) atoms. The third-order valence-electron chi connectivity index (χ3n) is 12.2. The van der Waals surface area contributed by atoms with Gasteiger partial charge in [-0.25, -0.2) is 0 Å². The van der Waals surface area contributed by atoms with Crippen LogP contribution in [0.3, 0.4) is 0 Å². The topological polar surface area (TPSA) is 24.0 Å². The lowest BCUT2D eigenvalue weighted by Crippen LogP contribution is -2.16. The lowest BCUT2D eigenvalue weighted by molar-refractivity contribution is 0.649. The molecule has 1 aliphatic rings. The van der Waals surface area contributed by atoms with Gasteiger partial charge < -0.3 is 14.2 Å². The van der Waals surface area contributed by atoms with Crippen LogP contribution in [-0.2, 0) is 5.41 Å². The average Bonchev–Trinajstić information content (AvgIpc) is 3.96. The molecule has 0 saturated heterocycles. The van der Waals surface area contributed by atoms with Crippen LogP contribution in [0.1, 0.15) is 25.0 Å². The number of nitrogens with zero attached hydrogens (tertiary/aromatic N) is 3. The van der Waals surface area contributed by atoms with E-state index < -0.39 is 0 Å². The van der Waals surface area contributed by atoms with Gasteiger partial charge in [0.05, 0.1) is 16.6 Å². The summed E-state index contributed by atoms with van der Waals surface area (Å²) in [6.07, 6.45) is 0. The molecule has 0 radical (unpaired) electrons.